The number of fused-ring (bicyclic) bond motifs is 8. The van der Waals surface area contributed by atoms with Gasteiger partial charge >= 0.3 is 0 Å². The first-order valence-corrected chi connectivity index (χ1v) is 23.6. The van der Waals surface area contributed by atoms with Crippen molar-refractivity contribution >= 4 is 73.4 Å². The quantitative estimate of drug-likeness (QED) is 0.160. The number of nitrogens with zero attached hydrogens (tertiary/aromatic N) is 5. The second kappa shape index (κ2) is 15.7. The Hall–Kier alpha value is -6.27. The Morgan fingerprint density at radius 1 is 0.597 bits per heavy atom. The van der Waals surface area contributed by atoms with Gasteiger partial charge in [0.2, 0.25) is 0 Å². The van der Waals surface area contributed by atoms with E-state index in [-0.39, 0.29) is 37.3 Å². The maximum absolute atomic E-state index is 6.71. The fourth-order valence-corrected chi connectivity index (χ4v) is 11.2. The molecule has 0 amide bonds. The molecule has 0 unspecified atom stereocenters. The van der Waals surface area contributed by atoms with Crippen molar-refractivity contribution < 1.29 is 25.8 Å². The van der Waals surface area contributed by atoms with Crippen LogP contribution in [0.5, 0.6) is 11.5 Å². The minimum Gasteiger partial charge on any atom is -0.509 e. The fourth-order valence-electron chi connectivity index (χ4n) is 10.0. The van der Waals surface area contributed by atoms with Crippen LogP contribution in [0.3, 0.4) is 0 Å². The number of anilines is 7. The van der Waals surface area contributed by atoms with Gasteiger partial charge in [0.15, 0.2) is 0 Å². The van der Waals surface area contributed by atoms with E-state index >= 15 is 0 Å². The van der Waals surface area contributed by atoms with Crippen LogP contribution in [0.25, 0.3) is 27.6 Å². The van der Waals surface area contributed by atoms with Crippen molar-refractivity contribution in [1.29, 1.82) is 0 Å². The third-order valence-electron chi connectivity index (χ3n) is 13.6. The molecule has 0 atom stereocenters. The molecule has 67 heavy (non-hydrogen) atoms. The largest absolute Gasteiger partial charge is 0.509 e. The van der Waals surface area contributed by atoms with Crippen molar-refractivity contribution in [2.75, 3.05) is 14.7 Å². The second-order valence-electron chi connectivity index (χ2n) is 20.3. The molecule has 0 aliphatic carbocycles. The van der Waals surface area contributed by atoms with Crippen LogP contribution in [0.2, 0.25) is 0 Å². The molecule has 7 aromatic carbocycles. The molecule has 8 heteroatoms. The topological polar surface area (TPSA) is 36.8 Å². The van der Waals surface area contributed by atoms with E-state index in [4.69, 9.17) is 9.72 Å². The molecule has 6 nitrogen and oxygen atoms in total. The molecular formula is C59H50N5OPtS-3. The van der Waals surface area contributed by atoms with Gasteiger partial charge < -0.3 is 24.0 Å². The third-order valence-corrected chi connectivity index (χ3v) is 14.7. The summed E-state index contributed by atoms with van der Waals surface area (Å²) in [6, 6.07) is 59.7. The van der Waals surface area contributed by atoms with E-state index in [1.54, 1.807) is 0 Å². The SMILES string of the molecule is CC(C)(C)c1ccnc(-n2c3[c-]c(Oc4[c-]c(N5[CH-]N(c6cc7c8c(c6)C(C)(C)c6ccccc6N8c6ccccc6S7)c6ccccc65)ccc4)ccc3c3cc(C(C)(C)C)ccc32)c1.[Pt]. The molecule has 9 aromatic rings. The summed E-state index contributed by atoms with van der Waals surface area (Å²) in [6.45, 7) is 20.4. The number of para-hydroxylation sites is 4. The Morgan fingerprint density at radius 2 is 1.28 bits per heavy atom. The maximum atomic E-state index is 6.71. The van der Waals surface area contributed by atoms with E-state index in [1.165, 1.54) is 54.5 Å². The zero-order chi connectivity index (χ0) is 45.3. The van der Waals surface area contributed by atoms with E-state index in [0.29, 0.717) is 11.5 Å². The van der Waals surface area contributed by atoms with Gasteiger partial charge in [-0.15, -0.1) is 48.1 Å². The first kappa shape index (κ1) is 43.3. The zero-order valence-corrected chi connectivity index (χ0v) is 42.0. The van der Waals surface area contributed by atoms with Crippen LogP contribution in [0.15, 0.2) is 162 Å². The van der Waals surface area contributed by atoms with Gasteiger partial charge in [0.25, 0.3) is 0 Å². The van der Waals surface area contributed by atoms with Crippen molar-refractivity contribution in [3.8, 4) is 17.3 Å². The molecule has 3 aliphatic rings. The van der Waals surface area contributed by atoms with Crippen LogP contribution in [0.4, 0.5) is 39.8 Å². The van der Waals surface area contributed by atoms with E-state index in [1.807, 2.05) is 36.2 Å². The molecule has 0 bridgehead atoms. The number of aromatic nitrogens is 2. The van der Waals surface area contributed by atoms with Crippen molar-refractivity contribution in [2.24, 2.45) is 0 Å². The Balaban J connectivity index is 0.00000494. The molecule has 336 valence electrons. The number of benzene rings is 7. The predicted octanol–water partition coefficient (Wildman–Crippen LogP) is 16.1. The molecule has 0 N–H and O–H groups in total. The first-order chi connectivity index (χ1) is 31.7. The molecule has 0 saturated heterocycles. The minimum absolute atomic E-state index is 0. The van der Waals surface area contributed by atoms with Crippen molar-refractivity contribution in [3.05, 3.63) is 193 Å². The number of ether oxygens (including phenoxy) is 1. The normalized spacial score (nSPS) is 14.7. The number of rotatable bonds is 5. The summed E-state index contributed by atoms with van der Waals surface area (Å²) in [5.41, 5.74) is 14.8. The monoisotopic (exact) mass is 1070 g/mol. The van der Waals surface area contributed by atoms with Gasteiger partial charge in [0, 0.05) is 76.5 Å². The number of hydrogen-bond acceptors (Lipinski definition) is 6. The summed E-state index contributed by atoms with van der Waals surface area (Å²) in [7, 11) is 0. The van der Waals surface area contributed by atoms with E-state index < -0.39 is 0 Å². The summed E-state index contributed by atoms with van der Waals surface area (Å²) in [5, 5.41) is 2.27. The Bertz CT molecular complexity index is 3450. The van der Waals surface area contributed by atoms with Crippen LogP contribution in [0.1, 0.15) is 77.6 Å². The first-order valence-electron chi connectivity index (χ1n) is 22.8. The number of pyridine rings is 1. The summed E-state index contributed by atoms with van der Waals surface area (Å²) in [4.78, 5) is 14.4. The van der Waals surface area contributed by atoms with Gasteiger partial charge in [-0.3, -0.25) is 0 Å². The van der Waals surface area contributed by atoms with Gasteiger partial charge in [-0.2, -0.15) is 12.1 Å². The summed E-state index contributed by atoms with van der Waals surface area (Å²) in [5.74, 6) is 2.07. The van der Waals surface area contributed by atoms with Crippen LogP contribution >= 0.6 is 11.8 Å². The summed E-state index contributed by atoms with van der Waals surface area (Å²) >= 11 is 1.86. The molecule has 0 fully saturated rings. The van der Waals surface area contributed by atoms with E-state index in [2.05, 4.69) is 221 Å². The Kier molecular flexibility index (Phi) is 10.1. The Labute approximate surface area is 412 Å². The zero-order valence-electron chi connectivity index (χ0n) is 38.9. The molecule has 0 spiro atoms. The molecule has 3 aliphatic heterocycles. The standard InChI is InChI=1S/C59H50N5OS.Pt/c1-57(2,3)37-24-27-47-44(30-37)43-26-25-42(35-52(43)63(47)55-31-38(28-29-60-55)58(4,5)6)65-41-17-15-16-39(32-41)61-36-62(50-21-12-11-20-49(50)61)40-33-46-56-54(34-40)66-53-23-14-13-22-51(53)64(56)48-19-10-9-18-45(48)59(46,7)8;/h9-31,33-34,36H,1-8H3;/q-3;. The van der Waals surface area contributed by atoms with Crippen LogP contribution < -0.4 is 19.4 Å². The van der Waals surface area contributed by atoms with Gasteiger partial charge in [-0.05, 0) is 99.1 Å². The van der Waals surface area contributed by atoms with Crippen LogP contribution in [-0.4, -0.2) is 9.55 Å². The second-order valence-corrected chi connectivity index (χ2v) is 21.4. The average Bonchev–Trinajstić information content (AvgIpc) is 3.85. The summed E-state index contributed by atoms with van der Waals surface area (Å²) < 4.78 is 8.94. The molecule has 0 radical (unpaired) electrons. The summed E-state index contributed by atoms with van der Waals surface area (Å²) in [6.07, 6.45) is 1.92. The van der Waals surface area contributed by atoms with Gasteiger partial charge in [-0.1, -0.05) is 127 Å². The average molecular weight is 1070 g/mol. The van der Waals surface area contributed by atoms with E-state index in [9.17, 15) is 0 Å². The smallest absolute Gasteiger partial charge is 0.135 e. The third kappa shape index (κ3) is 6.99. The number of hydrogen-bond donors (Lipinski definition) is 0. The van der Waals surface area contributed by atoms with Gasteiger partial charge in [0.1, 0.15) is 5.82 Å². The van der Waals surface area contributed by atoms with Crippen molar-refractivity contribution in [3.63, 3.8) is 0 Å². The molecule has 0 saturated carbocycles. The Morgan fingerprint density at radius 3 is 2.06 bits per heavy atom. The van der Waals surface area contributed by atoms with Crippen molar-refractivity contribution in [2.45, 2.75) is 81.4 Å². The molecule has 5 heterocycles. The molecule has 2 aromatic heterocycles. The predicted molar refractivity (Wildman–Crippen MR) is 273 cm³/mol. The molecular weight excluding hydrogens is 1020 g/mol. The van der Waals surface area contributed by atoms with Gasteiger partial charge in [-0.25, -0.2) is 4.98 Å². The minimum atomic E-state index is -0.227. The van der Waals surface area contributed by atoms with Crippen molar-refractivity contribution in [1.82, 2.24) is 9.55 Å². The van der Waals surface area contributed by atoms with Crippen LogP contribution in [0, 0.1) is 18.8 Å². The maximum Gasteiger partial charge on any atom is 0.135 e. The molecule has 12 rings (SSSR count). The van der Waals surface area contributed by atoms with E-state index in [0.717, 1.165) is 45.0 Å². The van der Waals surface area contributed by atoms with Crippen LogP contribution in [-0.2, 0) is 37.3 Å². The van der Waals surface area contributed by atoms with Gasteiger partial charge in [0.05, 0.1) is 17.1 Å². The fraction of sp³-hybridized carbons (Fsp3) is 0.186.